The number of carbonyl (C=O) groups excluding carboxylic acids is 1. The lowest BCUT2D eigenvalue weighted by Gasteiger charge is -2.12. The summed E-state index contributed by atoms with van der Waals surface area (Å²) in [6.07, 6.45) is 4.06. The summed E-state index contributed by atoms with van der Waals surface area (Å²) >= 11 is 0. The van der Waals surface area contributed by atoms with Gasteiger partial charge in [0.15, 0.2) is 17.2 Å². The number of unbranched alkanes of at least 4 members (excludes halogenated alkanes) is 3. The van der Waals surface area contributed by atoms with E-state index in [1.807, 2.05) is 0 Å². The maximum Gasteiger partial charge on any atom is 0.364 e. The summed E-state index contributed by atoms with van der Waals surface area (Å²) in [5.74, 6) is 0.137. The van der Waals surface area contributed by atoms with Crippen molar-refractivity contribution >= 4 is 16.7 Å². The normalized spacial score (nSPS) is 10.8. The Morgan fingerprint density at radius 2 is 1.64 bits per heavy atom. The van der Waals surface area contributed by atoms with E-state index in [4.69, 9.17) is 9.47 Å². The molecular weight excluding hydrogens is 356 g/mol. The van der Waals surface area contributed by atoms with Gasteiger partial charge in [0.1, 0.15) is 0 Å². The van der Waals surface area contributed by atoms with E-state index in [0.29, 0.717) is 28.8 Å². The topological polar surface area (TPSA) is 70.4 Å². The highest BCUT2D eigenvalue weighted by Crippen LogP contribution is 2.27. The number of fused-ring (bicyclic) bond motifs is 1. The van der Waals surface area contributed by atoms with Crippen molar-refractivity contribution in [3.8, 4) is 11.5 Å². The summed E-state index contributed by atoms with van der Waals surface area (Å²) in [7, 11) is 1.51. The van der Waals surface area contributed by atoms with Crippen LogP contribution in [0.25, 0.3) is 10.8 Å². The van der Waals surface area contributed by atoms with Gasteiger partial charge in [-0.15, -0.1) is 0 Å². The smallest absolute Gasteiger partial charge is 0.364 e. The first-order valence-electron chi connectivity index (χ1n) is 9.50. The number of nitrogens with zero attached hydrogens (tertiary/aromatic N) is 2. The first-order chi connectivity index (χ1) is 13.7. The molecule has 0 unspecified atom stereocenters. The van der Waals surface area contributed by atoms with E-state index >= 15 is 0 Å². The SMILES string of the molecule is CCCCCCn1nc(C(=O)Oc2ccccc2OC)c2ccccc2c1=O. The Kier molecular flexibility index (Phi) is 6.42. The molecule has 0 saturated carbocycles. The molecule has 146 valence electrons. The monoisotopic (exact) mass is 380 g/mol. The van der Waals surface area contributed by atoms with E-state index in [1.165, 1.54) is 11.8 Å². The number of methoxy groups -OCH3 is 1. The molecule has 3 aromatic rings. The van der Waals surface area contributed by atoms with Crippen molar-refractivity contribution in [2.75, 3.05) is 7.11 Å². The number of carbonyl (C=O) groups is 1. The number of benzene rings is 2. The number of para-hydroxylation sites is 2. The minimum Gasteiger partial charge on any atom is -0.493 e. The van der Waals surface area contributed by atoms with Gasteiger partial charge in [0, 0.05) is 11.9 Å². The van der Waals surface area contributed by atoms with Crippen molar-refractivity contribution in [2.45, 2.75) is 39.2 Å². The molecule has 0 aliphatic rings. The van der Waals surface area contributed by atoms with E-state index in [2.05, 4.69) is 12.0 Å². The molecule has 6 heteroatoms. The van der Waals surface area contributed by atoms with Crippen LogP contribution >= 0.6 is 0 Å². The summed E-state index contributed by atoms with van der Waals surface area (Å²) in [6.45, 7) is 2.60. The largest absolute Gasteiger partial charge is 0.493 e. The highest BCUT2D eigenvalue weighted by Gasteiger charge is 2.19. The molecule has 0 bridgehead atoms. The van der Waals surface area contributed by atoms with Gasteiger partial charge in [0.2, 0.25) is 0 Å². The maximum absolute atomic E-state index is 12.9. The number of rotatable bonds is 8. The molecule has 6 nitrogen and oxygen atoms in total. The Labute approximate surface area is 163 Å². The van der Waals surface area contributed by atoms with Gasteiger partial charge in [0.25, 0.3) is 5.56 Å². The first-order valence-corrected chi connectivity index (χ1v) is 9.50. The van der Waals surface area contributed by atoms with Crippen molar-refractivity contribution < 1.29 is 14.3 Å². The second-order valence-electron chi connectivity index (χ2n) is 6.52. The highest BCUT2D eigenvalue weighted by atomic mass is 16.6. The number of ether oxygens (including phenoxy) is 2. The van der Waals surface area contributed by atoms with Gasteiger partial charge in [-0.2, -0.15) is 5.10 Å². The highest BCUT2D eigenvalue weighted by molar-refractivity contribution is 6.03. The fourth-order valence-electron chi connectivity index (χ4n) is 3.08. The summed E-state index contributed by atoms with van der Waals surface area (Å²) in [4.78, 5) is 25.6. The summed E-state index contributed by atoms with van der Waals surface area (Å²) in [5, 5.41) is 5.28. The predicted molar refractivity (Wildman–Crippen MR) is 108 cm³/mol. The lowest BCUT2D eigenvalue weighted by atomic mass is 10.1. The van der Waals surface area contributed by atoms with E-state index in [-0.39, 0.29) is 11.3 Å². The number of hydrogen-bond acceptors (Lipinski definition) is 5. The number of hydrogen-bond donors (Lipinski definition) is 0. The van der Waals surface area contributed by atoms with Gasteiger partial charge in [-0.1, -0.05) is 56.5 Å². The second kappa shape index (κ2) is 9.17. The lowest BCUT2D eigenvalue weighted by Crippen LogP contribution is -2.27. The molecule has 0 N–H and O–H groups in total. The van der Waals surface area contributed by atoms with Gasteiger partial charge < -0.3 is 9.47 Å². The van der Waals surface area contributed by atoms with Gasteiger partial charge in [-0.25, -0.2) is 9.48 Å². The number of aryl methyl sites for hydroxylation is 1. The van der Waals surface area contributed by atoms with Gasteiger partial charge in [-0.05, 0) is 24.6 Å². The summed E-state index contributed by atoms with van der Waals surface area (Å²) < 4.78 is 12.1. The van der Waals surface area contributed by atoms with Crippen LogP contribution in [0, 0.1) is 0 Å². The quantitative estimate of drug-likeness (QED) is 0.333. The van der Waals surface area contributed by atoms with Crippen molar-refractivity contribution in [3.63, 3.8) is 0 Å². The third-order valence-corrected chi connectivity index (χ3v) is 4.56. The fourth-order valence-corrected chi connectivity index (χ4v) is 3.08. The van der Waals surface area contributed by atoms with Gasteiger partial charge in [0.05, 0.1) is 12.5 Å². The maximum atomic E-state index is 12.9. The number of esters is 1. The zero-order valence-corrected chi connectivity index (χ0v) is 16.2. The van der Waals surface area contributed by atoms with Crippen LogP contribution < -0.4 is 15.0 Å². The Morgan fingerprint density at radius 3 is 2.36 bits per heavy atom. The van der Waals surface area contributed by atoms with Crippen molar-refractivity contribution in [2.24, 2.45) is 0 Å². The molecule has 28 heavy (non-hydrogen) atoms. The minimum atomic E-state index is -0.622. The Morgan fingerprint density at radius 1 is 0.964 bits per heavy atom. The van der Waals surface area contributed by atoms with Crippen LogP contribution in [-0.4, -0.2) is 22.9 Å². The van der Waals surface area contributed by atoms with Crippen molar-refractivity contribution in [3.05, 3.63) is 64.6 Å². The summed E-state index contributed by atoms with van der Waals surface area (Å²) in [5.41, 5.74) is -0.0717. The van der Waals surface area contributed by atoms with Crippen LogP contribution in [0.1, 0.15) is 43.1 Å². The van der Waals surface area contributed by atoms with Crippen molar-refractivity contribution in [1.29, 1.82) is 0 Å². The zero-order chi connectivity index (χ0) is 19.9. The van der Waals surface area contributed by atoms with Crippen LogP contribution in [0.5, 0.6) is 11.5 Å². The fraction of sp³-hybridized carbons (Fsp3) is 0.318. The average Bonchev–Trinajstić information content (AvgIpc) is 2.73. The average molecular weight is 380 g/mol. The third-order valence-electron chi connectivity index (χ3n) is 4.56. The molecule has 0 amide bonds. The van der Waals surface area contributed by atoms with Crippen LogP contribution in [0.15, 0.2) is 53.3 Å². The summed E-state index contributed by atoms with van der Waals surface area (Å²) in [6, 6.07) is 13.9. The van der Waals surface area contributed by atoms with E-state index < -0.39 is 5.97 Å². The lowest BCUT2D eigenvalue weighted by molar-refractivity contribution is 0.0723. The predicted octanol–water partition coefficient (Wildman–Crippen LogP) is 4.20. The van der Waals surface area contributed by atoms with E-state index in [9.17, 15) is 9.59 Å². The van der Waals surface area contributed by atoms with E-state index in [1.54, 1.807) is 48.5 Å². The molecule has 0 spiro atoms. The second-order valence-corrected chi connectivity index (χ2v) is 6.52. The molecule has 0 saturated heterocycles. The first kappa shape index (κ1) is 19.6. The van der Waals surface area contributed by atoms with Crippen LogP contribution in [0.4, 0.5) is 0 Å². The van der Waals surface area contributed by atoms with E-state index in [0.717, 1.165) is 25.7 Å². The molecule has 2 aromatic carbocycles. The number of aromatic nitrogens is 2. The van der Waals surface area contributed by atoms with Crippen LogP contribution in [0.3, 0.4) is 0 Å². The van der Waals surface area contributed by atoms with Gasteiger partial charge in [-0.3, -0.25) is 4.79 Å². The molecule has 0 aliphatic heterocycles. The standard InChI is InChI=1S/C22H24N2O4/c1-3-4-5-10-15-24-21(25)17-12-7-6-11-16(17)20(23-24)22(26)28-19-14-9-8-13-18(19)27-2/h6-9,11-14H,3-5,10,15H2,1-2H3. The molecular formula is C22H24N2O4. The molecule has 0 fully saturated rings. The van der Waals surface area contributed by atoms with Crippen LogP contribution in [-0.2, 0) is 6.54 Å². The Balaban J connectivity index is 1.98. The zero-order valence-electron chi connectivity index (χ0n) is 16.2. The molecule has 0 radical (unpaired) electrons. The van der Waals surface area contributed by atoms with Crippen LogP contribution in [0.2, 0.25) is 0 Å². The van der Waals surface area contributed by atoms with Crippen molar-refractivity contribution in [1.82, 2.24) is 9.78 Å². The van der Waals surface area contributed by atoms with Gasteiger partial charge >= 0.3 is 5.97 Å². The molecule has 3 rings (SSSR count). The molecule has 0 atom stereocenters. The molecule has 1 heterocycles. The third kappa shape index (κ3) is 4.22. The Bertz CT molecular complexity index is 1030. The minimum absolute atomic E-state index is 0.122. The molecule has 1 aromatic heterocycles. The Hall–Kier alpha value is -3.15. The molecule has 0 aliphatic carbocycles.